The van der Waals surface area contributed by atoms with Crippen molar-refractivity contribution in [2.45, 2.75) is 25.2 Å². The number of carbonyl (C=O) groups excluding carboxylic acids is 2. The van der Waals surface area contributed by atoms with Crippen molar-refractivity contribution in [2.75, 3.05) is 32.6 Å². The summed E-state index contributed by atoms with van der Waals surface area (Å²) in [6.07, 6.45) is 4.07. The van der Waals surface area contributed by atoms with E-state index in [1.807, 2.05) is 44.2 Å². The molecule has 0 radical (unpaired) electrons. The first-order chi connectivity index (χ1) is 14.4. The van der Waals surface area contributed by atoms with Crippen LogP contribution in [0.15, 0.2) is 53.4 Å². The quantitative estimate of drug-likeness (QED) is 0.434. The van der Waals surface area contributed by atoms with Gasteiger partial charge < -0.3 is 19.7 Å². The maximum atomic E-state index is 12.4. The van der Waals surface area contributed by atoms with Crippen molar-refractivity contribution < 1.29 is 19.1 Å². The monoisotopic (exact) mass is 428 g/mol. The van der Waals surface area contributed by atoms with Gasteiger partial charge in [-0.05, 0) is 61.0 Å². The summed E-state index contributed by atoms with van der Waals surface area (Å²) >= 11 is 1.07. The Morgan fingerprint density at radius 1 is 1.07 bits per heavy atom. The van der Waals surface area contributed by atoms with Crippen LogP contribution in [0.1, 0.15) is 25.8 Å². The normalized spacial score (nSPS) is 10.7. The van der Waals surface area contributed by atoms with Crippen LogP contribution in [0, 0.1) is 0 Å². The van der Waals surface area contributed by atoms with Gasteiger partial charge in [-0.3, -0.25) is 9.59 Å². The molecule has 0 aliphatic carbocycles. The Morgan fingerprint density at radius 3 is 2.53 bits per heavy atom. The second-order valence-electron chi connectivity index (χ2n) is 6.57. The molecule has 0 aliphatic heterocycles. The number of ether oxygens (including phenoxy) is 2. The fourth-order valence-electron chi connectivity index (χ4n) is 2.42. The zero-order chi connectivity index (χ0) is 21.9. The van der Waals surface area contributed by atoms with E-state index in [1.54, 1.807) is 32.3 Å². The summed E-state index contributed by atoms with van der Waals surface area (Å²) in [7, 11) is 3.38. The van der Waals surface area contributed by atoms with E-state index in [9.17, 15) is 9.59 Å². The standard InChI is InChI=1S/C23H28N2O4S/c1-5-15-29-19-13-11-17(16-20(19)28-6-2)12-14-22(26)24-18-9-7-8-10-21(18)30-23(27)25(3)4/h7-14,16H,5-6,15H2,1-4H3,(H,24,26)/b14-12+. The van der Waals surface area contributed by atoms with Gasteiger partial charge in [0.05, 0.1) is 18.9 Å². The molecule has 2 aromatic carbocycles. The second-order valence-corrected chi connectivity index (χ2v) is 7.56. The number of rotatable bonds is 9. The van der Waals surface area contributed by atoms with Crippen molar-refractivity contribution in [3.8, 4) is 11.5 Å². The third-order valence-electron chi connectivity index (χ3n) is 3.86. The molecule has 1 N–H and O–H groups in total. The van der Waals surface area contributed by atoms with E-state index < -0.39 is 0 Å². The smallest absolute Gasteiger partial charge is 0.286 e. The Balaban J connectivity index is 2.09. The number of hydrogen-bond donors (Lipinski definition) is 1. The van der Waals surface area contributed by atoms with Crippen LogP contribution in [-0.4, -0.2) is 43.4 Å². The van der Waals surface area contributed by atoms with Crippen molar-refractivity contribution in [3.05, 3.63) is 54.1 Å². The average Bonchev–Trinajstić information content (AvgIpc) is 2.73. The molecule has 2 aromatic rings. The van der Waals surface area contributed by atoms with Crippen LogP contribution in [0.3, 0.4) is 0 Å². The van der Waals surface area contributed by atoms with Crippen molar-refractivity contribution >= 4 is 34.7 Å². The summed E-state index contributed by atoms with van der Waals surface area (Å²) in [5.41, 5.74) is 1.41. The van der Waals surface area contributed by atoms with Crippen LogP contribution < -0.4 is 14.8 Å². The second kappa shape index (κ2) is 11.9. The summed E-state index contributed by atoms with van der Waals surface area (Å²) in [5.74, 6) is 1.05. The number of thioether (sulfide) groups is 1. The largest absolute Gasteiger partial charge is 0.490 e. The highest BCUT2D eigenvalue weighted by Gasteiger charge is 2.11. The molecule has 6 nitrogen and oxygen atoms in total. The number of benzene rings is 2. The molecule has 0 aromatic heterocycles. The summed E-state index contributed by atoms with van der Waals surface area (Å²) in [5, 5.41) is 2.72. The lowest BCUT2D eigenvalue weighted by Gasteiger charge is -2.12. The molecule has 7 heteroatoms. The minimum atomic E-state index is -0.287. The lowest BCUT2D eigenvalue weighted by atomic mass is 10.2. The molecule has 0 saturated heterocycles. The van der Waals surface area contributed by atoms with E-state index in [-0.39, 0.29) is 11.1 Å². The van der Waals surface area contributed by atoms with Gasteiger partial charge in [0, 0.05) is 25.1 Å². The number of anilines is 1. The number of nitrogens with zero attached hydrogens (tertiary/aromatic N) is 1. The molecular weight excluding hydrogens is 400 g/mol. The summed E-state index contributed by atoms with van der Waals surface area (Å²) < 4.78 is 11.3. The van der Waals surface area contributed by atoms with Gasteiger partial charge in [0.2, 0.25) is 5.91 Å². The topological polar surface area (TPSA) is 67.9 Å². The molecule has 0 aliphatic rings. The number of para-hydroxylation sites is 1. The van der Waals surface area contributed by atoms with Crippen molar-refractivity contribution in [3.63, 3.8) is 0 Å². The zero-order valence-electron chi connectivity index (χ0n) is 17.8. The molecule has 0 spiro atoms. The summed E-state index contributed by atoms with van der Waals surface area (Å²) in [6, 6.07) is 12.8. The minimum absolute atomic E-state index is 0.110. The lowest BCUT2D eigenvalue weighted by molar-refractivity contribution is -0.111. The molecule has 0 saturated carbocycles. The minimum Gasteiger partial charge on any atom is -0.490 e. The van der Waals surface area contributed by atoms with Gasteiger partial charge in [-0.15, -0.1) is 0 Å². The van der Waals surface area contributed by atoms with Gasteiger partial charge in [-0.25, -0.2) is 0 Å². The van der Waals surface area contributed by atoms with Gasteiger partial charge in [-0.2, -0.15) is 0 Å². The third-order valence-corrected chi connectivity index (χ3v) is 4.98. The Labute approximate surface area is 182 Å². The fraction of sp³-hybridized carbons (Fsp3) is 0.304. The predicted octanol–water partition coefficient (Wildman–Crippen LogP) is 5.30. The van der Waals surface area contributed by atoms with Crippen molar-refractivity contribution in [1.29, 1.82) is 0 Å². The maximum Gasteiger partial charge on any atom is 0.286 e. The number of amides is 2. The van der Waals surface area contributed by atoms with Crippen LogP contribution in [0.4, 0.5) is 10.5 Å². The van der Waals surface area contributed by atoms with E-state index in [0.717, 1.165) is 23.7 Å². The Bertz CT molecular complexity index is 897. The molecule has 0 unspecified atom stereocenters. The highest BCUT2D eigenvalue weighted by atomic mass is 32.2. The molecule has 0 bridgehead atoms. The zero-order valence-corrected chi connectivity index (χ0v) is 18.6. The van der Waals surface area contributed by atoms with Gasteiger partial charge in [0.15, 0.2) is 11.5 Å². The lowest BCUT2D eigenvalue weighted by Crippen LogP contribution is -2.16. The van der Waals surface area contributed by atoms with Crippen LogP contribution in [0.5, 0.6) is 11.5 Å². The predicted molar refractivity (Wildman–Crippen MR) is 122 cm³/mol. The van der Waals surface area contributed by atoms with Gasteiger partial charge in [0.25, 0.3) is 5.24 Å². The molecule has 160 valence electrons. The Kier molecular flexibility index (Phi) is 9.28. The van der Waals surface area contributed by atoms with E-state index in [2.05, 4.69) is 5.32 Å². The SMILES string of the molecule is CCCOc1ccc(/C=C/C(=O)Nc2ccccc2SC(=O)N(C)C)cc1OCC. The third kappa shape index (κ3) is 7.15. The van der Waals surface area contributed by atoms with Gasteiger partial charge in [0.1, 0.15) is 0 Å². The van der Waals surface area contributed by atoms with E-state index in [0.29, 0.717) is 35.3 Å². The summed E-state index contributed by atoms with van der Waals surface area (Å²) in [4.78, 5) is 26.6. The van der Waals surface area contributed by atoms with Crippen LogP contribution in [0.2, 0.25) is 0 Å². The highest BCUT2D eigenvalue weighted by Crippen LogP contribution is 2.30. The van der Waals surface area contributed by atoms with E-state index >= 15 is 0 Å². The molecule has 0 fully saturated rings. The van der Waals surface area contributed by atoms with Gasteiger partial charge in [-0.1, -0.05) is 25.1 Å². The first kappa shape index (κ1) is 23.3. The molecule has 30 heavy (non-hydrogen) atoms. The maximum absolute atomic E-state index is 12.4. The van der Waals surface area contributed by atoms with Crippen molar-refractivity contribution in [2.24, 2.45) is 0 Å². The van der Waals surface area contributed by atoms with Crippen LogP contribution in [-0.2, 0) is 4.79 Å². The van der Waals surface area contributed by atoms with Crippen molar-refractivity contribution in [1.82, 2.24) is 4.90 Å². The first-order valence-corrected chi connectivity index (χ1v) is 10.6. The fourth-order valence-corrected chi connectivity index (χ4v) is 3.16. The molecule has 2 rings (SSSR count). The Morgan fingerprint density at radius 2 is 1.83 bits per heavy atom. The molecular formula is C23H28N2O4S. The first-order valence-electron chi connectivity index (χ1n) is 9.81. The highest BCUT2D eigenvalue weighted by molar-refractivity contribution is 8.13. The molecule has 0 heterocycles. The van der Waals surface area contributed by atoms with E-state index in [4.69, 9.17) is 9.47 Å². The number of hydrogen-bond acceptors (Lipinski definition) is 5. The summed E-state index contributed by atoms with van der Waals surface area (Å²) in [6.45, 7) is 5.10. The molecule has 0 atom stereocenters. The number of carbonyl (C=O) groups is 2. The van der Waals surface area contributed by atoms with E-state index in [1.165, 1.54) is 11.0 Å². The van der Waals surface area contributed by atoms with Crippen LogP contribution >= 0.6 is 11.8 Å². The van der Waals surface area contributed by atoms with Crippen LogP contribution in [0.25, 0.3) is 6.08 Å². The average molecular weight is 429 g/mol. The Hall–Kier alpha value is -2.93. The van der Waals surface area contributed by atoms with Gasteiger partial charge >= 0.3 is 0 Å². The molecule has 2 amide bonds. The number of nitrogens with one attached hydrogen (secondary N) is 1.